The zero-order valence-electron chi connectivity index (χ0n) is 14.6. The number of nitrogens with zero attached hydrogens (tertiary/aromatic N) is 4. The maximum absolute atomic E-state index is 9.33. The number of fused-ring (bicyclic) bond motifs is 1. The molecule has 3 aromatic rings. The van der Waals surface area contributed by atoms with E-state index < -0.39 is 0 Å². The first-order chi connectivity index (χ1) is 12.8. The van der Waals surface area contributed by atoms with E-state index in [0.29, 0.717) is 6.61 Å². The van der Waals surface area contributed by atoms with Crippen LogP contribution in [0.3, 0.4) is 0 Å². The molecule has 4 rings (SSSR count). The summed E-state index contributed by atoms with van der Waals surface area (Å²) < 4.78 is 8.03. The van der Waals surface area contributed by atoms with Gasteiger partial charge in [0.25, 0.3) is 0 Å². The van der Waals surface area contributed by atoms with Crippen LogP contribution < -0.4 is 5.32 Å². The highest BCUT2D eigenvalue weighted by molar-refractivity contribution is 5.73. The van der Waals surface area contributed by atoms with Crippen LogP contribution >= 0.6 is 0 Å². The number of aliphatic hydroxyl groups is 1. The van der Waals surface area contributed by atoms with E-state index >= 15 is 0 Å². The third-order valence-corrected chi connectivity index (χ3v) is 4.79. The molecule has 7 heteroatoms. The van der Waals surface area contributed by atoms with Crippen LogP contribution in [0.4, 0.5) is 5.95 Å². The van der Waals surface area contributed by atoms with Crippen LogP contribution in [0.25, 0.3) is 11.2 Å². The molecule has 2 N–H and O–H groups in total. The van der Waals surface area contributed by atoms with Gasteiger partial charge in [-0.25, -0.2) is 15.0 Å². The molecule has 1 aromatic carbocycles. The summed E-state index contributed by atoms with van der Waals surface area (Å²) in [5.41, 5.74) is 2.81. The molecular weight excluding hydrogens is 330 g/mol. The van der Waals surface area contributed by atoms with E-state index in [0.717, 1.165) is 42.9 Å². The Hall–Kier alpha value is -2.51. The van der Waals surface area contributed by atoms with E-state index in [1.165, 1.54) is 11.9 Å². The first-order valence-electron chi connectivity index (χ1n) is 9.03. The van der Waals surface area contributed by atoms with Gasteiger partial charge in [-0.15, -0.1) is 0 Å². The second-order valence-electron chi connectivity index (χ2n) is 6.61. The molecule has 0 spiro atoms. The summed E-state index contributed by atoms with van der Waals surface area (Å²) in [5, 5.41) is 12.8. The van der Waals surface area contributed by atoms with E-state index in [2.05, 4.69) is 32.4 Å². The number of nitrogens with one attached hydrogen (secondary N) is 1. The Labute approximate surface area is 152 Å². The Balaban J connectivity index is 1.54. The molecular formula is C19H23N5O2. The van der Waals surface area contributed by atoms with Crippen LogP contribution in [-0.2, 0) is 11.2 Å². The largest absolute Gasteiger partial charge is 0.396 e. The van der Waals surface area contributed by atoms with Crippen LogP contribution in [0.2, 0.25) is 0 Å². The first kappa shape index (κ1) is 16.9. The van der Waals surface area contributed by atoms with Crippen molar-refractivity contribution in [2.75, 3.05) is 25.1 Å². The van der Waals surface area contributed by atoms with Crippen molar-refractivity contribution in [3.63, 3.8) is 0 Å². The van der Waals surface area contributed by atoms with Gasteiger partial charge in [-0.3, -0.25) is 4.57 Å². The van der Waals surface area contributed by atoms with Gasteiger partial charge in [0, 0.05) is 19.1 Å². The Bertz CT molecular complexity index is 844. The number of anilines is 1. The molecule has 0 radical (unpaired) electrons. The lowest BCUT2D eigenvalue weighted by Crippen LogP contribution is -2.27. The van der Waals surface area contributed by atoms with Gasteiger partial charge in [0.1, 0.15) is 18.1 Å². The molecule has 0 aliphatic carbocycles. The van der Waals surface area contributed by atoms with Gasteiger partial charge in [0.2, 0.25) is 5.95 Å². The number of rotatable bonds is 6. The molecule has 7 nitrogen and oxygen atoms in total. The third kappa shape index (κ3) is 3.54. The number of hydrogen-bond donors (Lipinski definition) is 2. The first-order valence-corrected chi connectivity index (χ1v) is 9.03. The standard InChI is InChI=1S/C19H23N5O2/c25-11-15-6-7-17(26-12-15)24-18-16(10-20-13-22-18)23-19(24)21-9-8-14-4-2-1-3-5-14/h1-5,10,13,15,17,25H,6-9,11-12H2,(H,21,23). The Kier molecular flexibility index (Phi) is 5.08. The van der Waals surface area contributed by atoms with Crippen molar-refractivity contribution in [1.82, 2.24) is 19.5 Å². The number of ether oxygens (including phenoxy) is 1. The molecule has 26 heavy (non-hydrogen) atoms. The minimum absolute atomic E-state index is 0.128. The number of benzene rings is 1. The highest BCUT2D eigenvalue weighted by atomic mass is 16.5. The maximum atomic E-state index is 9.33. The highest BCUT2D eigenvalue weighted by Gasteiger charge is 2.26. The van der Waals surface area contributed by atoms with E-state index in [1.54, 1.807) is 6.20 Å². The van der Waals surface area contributed by atoms with Crippen molar-refractivity contribution in [2.24, 2.45) is 5.92 Å². The average Bonchev–Trinajstić information content (AvgIpc) is 3.07. The SMILES string of the molecule is OCC1CCC(n2c(NCCc3ccccc3)nc3cncnc32)OC1. The molecule has 0 saturated carbocycles. The van der Waals surface area contributed by atoms with Crippen molar-refractivity contribution in [1.29, 1.82) is 0 Å². The van der Waals surface area contributed by atoms with Gasteiger partial charge in [-0.05, 0) is 24.8 Å². The summed E-state index contributed by atoms with van der Waals surface area (Å²) in [6, 6.07) is 10.4. The van der Waals surface area contributed by atoms with Crippen LogP contribution in [0.1, 0.15) is 24.6 Å². The fourth-order valence-electron chi connectivity index (χ4n) is 3.35. The van der Waals surface area contributed by atoms with Gasteiger partial charge in [-0.1, -0.05) is 30.3 Å². The van der Waals surface area contributed by atoms with Crippen molar-refractivity contribution in [2.45, 2.75) is 25.5 Å². The second kappa shape index (κ2) is 7.80. The summed E-state index contributed by atoms with van der Waals surface area (Å²) in [5.74, 6) is 0.967. The molecule has 0 amide bonds. The van der Waals surface area contributed by atoms with Gasteiger partial charge in [-0.2, -0.15) is 0 Å². The summed E-state index contributed by atoms with van der Waals surface area (Å²) >= 11 is 0. The van der Waals surface area contributed by atoms with Gasteiger partial charge >= 0.3 is 0 Å². The normalized spacial score (nSPS) is 20.3. The van der Waals surface area contributed by atoms with Crippen molar-refractivity contribution in [3.05, 3.63) is 48.4 Å². The zero-order valence-corrected chi connectivity index (χ0v) is 14.6. The lowest BCUT2D eigenvalue weighted by Gasteiger charge is -2.29. The number of hydrogen-bond acceptors (Lipinski definition) is 6. The van der Waals surface area contributed by atoms with E-state index in [-0.39, 0.29) is 18.8 Å². The smallest absolute Gasteiger partial charge is 0.207 e. The van der Waals surface area contributed by atoms with Crippen LogP contribution in [-0.4, -0.2) is 44.4 Å². The molecule has 1 aliphatic heterocycles. The number of aromatic nitrogens is 4. The average molecular weight is 353 g/mol. The summed E-state index contributed by atoms with van der Waals surface area (Å²) in [7, 11) is 0. The third-order valence-electron chi connectivity index (χ3n) is 4.79. The second-order valence-corrected chi connectivity index (χ2v) is 6.61. The fourth-order valence-corrected chi connectivity index (χ4v) is 3.35. The summed E-state index contributed by atoms with van der Waals surface area (Å²) in [6.45, 7) is 1.49. The van der Waals surface area contributed by atoms with Gasteiger partial charge in [0.15, 0.2) is 5.65 Å². The molecule has 1 aliphatic rings. The van der Waals surface area contributed by atoms with E-state index in [9.17, 15) is 5.11 Å². The highest BCUT2D eigenvalue weighted by Crippen LogP contribution is 2.31. The van der Waals surface area contributed by atoms with Crippen molar-refractivity contribution < 1.29 is 9.84 Å². The molecule has 2 aromatic heterocycles. The monoisotopic (exact) mass is 353 g/mol. The molecule has 1 fully saturated rings. The molecule has 3 heterocycles. The van der Waals surface area contributed by atoms with E-state index in [1.807, 2.05) is 22.8 Å². The van der Waals surface area contributed by atoms with Crippen LogP contribution in [0.5, 0.6) is 0 Å². The van der Waals surface area contributed by atoms with Crippen molar-refractivity contribution >= 4 is 17.1 Å². The lowest BCUT2D eigenvalue weighted by molar-refractivity contribution is -0.0659. The van der Waals surface area contributed by atoms with Crippen LogP contribution in [0, 0.1) is 5.92 Å². The predicted molar refractivity (Wildman–Crippen MR) is 98.8 cm³/mol. The zero-order chi connectivity index (χ0) is 17.8. The molecule has 1 saturated heterocycles. The quantitative estimate of drug-likeness (QED) is 0.708. The minimum Gasteiger partial charge on any atom is -0.396 e. The number of aliphatic hydroxyl groups excluding tert-OH is 1. The van der Waals surface area contributed by atoms with Gasteiger partial charge in [0.05, 0.1) is 12.8 Å². The lowest BCUT2D eigenvalue weighted by atomic mass is 10.0. The number of imidazole rings is 1. The maximum Gasteiger partial charge on any atom is 0.207 e. The summed E-state index contributed by atoms with van der Waals surface area (Å²) in [4.78, 5) is 13.1. The molecule has 2 atom stereocenters. The van der Waals surface area contributed by atoms with Gasteiger partial charge < -0.3 is 15.2 Å². The Morgan fingerprint density at radius 3 is 2.88 bits per heavy atom. The Morgan fingerprint density at radius 2 is 2.12 bits per heavy atom. The van der Waals surface area contributed by atoms with E-state index in [4.69, 9.17) is 4.74 Å². The van der Waals surface area contributed by atoms with Crippen molar-refractivity contribution in [3.8, 4) is 0 Å². The molecule has 0 bridgehead atoms. The minimum atomic E-state index is -0.128. The predicted octanol–water partition coefficient (Wildman–Crippen LogP) is 2.40. The fraction of sp³-hybridized carbons (Fsp3) is 0.421. The topological polar surface area (TPSA) is 85.1 Å². The summed E-state index contributed by atoms with van der Waals surface area (Å²) in [6.07, 6.45) is 5.79. The molecule has 2 unspecified atom stereocenters. The van der Waals surface area contributed by atoms with Crippen LogP contribution in [0.15, 0.2) is 42.9 Å². The molecule has 136 valence electrons. The Morgan fingerprint density at radius 1 is 1.23 bits per heavy atom.